The maximum atomic E-state index is 12.2. The average molecular weight is 319 g/mol. The van der Waals surface area contributed by atoms with E-state index < -0.39 is 12.1 Å². The summed E-state index contributed by atoms with van der Waals surface area (Å²) in [6.45, 7) is 2.03. The first-order chi connectivity index (χ1) is 11.1. The fourth-order valence-corrected chi connectivity index (χ4v) is 3.15. The van der Waals surface area contributed by atoms with Crippen molar-refractivity contribution in [2.24, 2.45) is 0 Å². The van der Waals surface area contributed by atoms with Crippen molar-refractivity contribution in [3.05, 3.63) is 29.8 Å². The lowest BCUT2D eigenvalue weighted by atomic mass is 10.0. The molecule has 124 valence electrons. The third-order valence-corrected chi connectivity index (χ3v) is 4.39. The van der Waals surface area contributed by atoms with Gasteiger partial charge in [0, 0.05) is 26.2 Å². The normalized spacial score (nSPS) is 25.0. The van der Waals surface area contributed by atoms with Gasteiger partial charge >= 0.3 is 0 Å². The zero-order valence-electron chi connectivity index (χ0n) is 13.1. The molecule has 2 saturated heterocycles. The van der Waals surface area contributed by atoms with E-state index in [1.54, 1.807) is 12.0 Å². The smallest absolute Gasteiger partial charge is 0.248 e. The van der Waals surface area contributed by atoms with E-state index in [0.29, 0.717) is 26.2 Å². The van der Waals surface area contributed by atoms with E-state index in [2.05, 4.69) is 10.2 Å². The number of aliphatic hydroxyl groups excluding tert-OH is 1. The molecule has 7 heteroatoms. The topological polar surface area (TPSA) is 82.1 Å². The Morgan fingerprint density at radius 1 is 1.35 bits per heavy atom. The van der Waals surface area contributed by atoms with Crippen molar-refractivity contribution in [2.75, 3.05) is 33.4 Å². The number of aliphatic hydroxyl groups is 1. The van der Waals surface area contributed by atoms with Crippen LogP contribution in [0.3, 0.4) is 0 Å². The van der Waals surface area contributed by atoms with Gasteiger partial charge in [0.15, 0.2) is 0 Å². The van der Waals surface area contributed by atoms with E-state index in [4.69, 9.17) is 4.74 Å². The summed E-state index contributed by atoms with van der Waals surface area (Å²) in [5.41, 5.74) is 1.11. The summed E-state index contributed by atoms with van der Waals surface area (Å²) in [7, 11) is 1.63. The zero-order chi connectivity index (χ0) is 16.4. The molecule has 0 saturated carbocycles. The molecule has 2 aliphatic rings. The first-order valence-corrected chi connectivity index (χ1v) is 7.69. The van der Waals surface area contributed by atoms with Crippen LogP contribution >= 0.6 is 0 Å². The summed E-state index contributed by atoms with van der Waals surface area (Å²) in [5, 5.41) is 11.8. The van der Waals surface area contributed by atoms with Gasteiger partial charge < -0.3 is 20.1 Å². The number of rotatable bonds is 4. The number of benzene rings is 1. The Labute approximate surface area is 134 Å². The van der Waals surface area contributed by atoms with Crippen LogP contribution in [0, 0.1) is 0 Å². The summed E-state index contributed by atoms with van der Waals surface area (Å²) in [5.74, 6) is 0.412. The fourth-order valence-electron chi connectivity index (χ4n) is 3.15. The highest BCUT2D eigenvalue weighted by Crippen LogP contribution is 2.19. The summed E-state index contributed by atoms with van der Waals surface area (Å²) < 4.78 is 5.23. The summed E-state index contributed by atoms with van der Waals surface area (Å²) in [6, 6.07) is 6.54. The molecule has 0 aromatic heterocycles. The van der Waals surface area contributed by atoms with Crippen LogP contribution < -0.4 is 10.1 Å². The van der Waals surface area contributed by atoms with Gasteiger partial charge in [-0.05, 0) is 17.7 Å². The van der Waals surface area contributed by atoms with Gasteiger partial charge in [0.05, 0.1) is 13.7 Å². The highest BCUT2D eigenvalue weighted by atomic mass is 16.5. The van der Waals surface area contributed by atoms with Crippen molar-refractivity contribution in [3.63, 3.8) is 0 Å². The molecule has 0 unspecified atom stereocenters. The Morgan fingerprint density at radius 2 is 2.17 bits per heavy atom. The highest BCUT2D eigenvalue weighted by molar-refractivity contribution is 5.97. The lowest BCUT2D eigenvalue weighted by Crippen LogP contribution is -2.69. The molecule has 2 aliphatic heterocycles. The van der Waals surface area contributed by atoms with E-state index in [1.165, 1.54) is 0 Å². The Morgan fingerprint density at radius 3 is 2.91 bits per heavy atom. The third-order valence-electron chi connectivity index (χ3n) is 4.39. The minimum absolute atomic E-state index is 0.195. The Balaban J connectivity index is 1.68. The quantitative estimate of drug-likeness (QED) is 0.759. The molecule has 23 heavy (non-hydrogen) atoms. The van der Waals surface area contributed by atoms with Gasteiger partial charge in [-0.3, -0.25) is 14.5 Å². The first-order valence-electron chi connectivity index (χ1n) is 7.69. The zero-order valence-corrected chi connectivity index (χ0v) is 13.1. The second kappa shape index (κ2) is 6.55. The van der Waals surface area contributed by atoms with Crippen LogP contribution in [-0.2, 0) is 16.1 Å². The predicted octanol–water partition coefficient (Wildman–Crippen LogP) is -0.801. The Bertz CT molecular complexity index is 607. The predicted molar refractivity (Wildman–Crippen MR) is 82.8 cm³/mol. The van der Waals surface area contributed by atoms with Crippen molar-refractivity contribution >= 4 is 11.8 Å². The van der Waals surface area contributed by atoms with E-state index in [0.717, 1.165) is 11.3 Å². The number of nitrogens with zero attached hydrogens (tertiary/aromatic N) is 2. The lowest BCUT2D eigenvalue weighted by molar-refractivity contribution is -0.154. The largest absolute Gasteiger partial charge is 0.497 e. The molecule has 3 rings (SSSR count). The van der Waals surface area contributed by atoms with Crippen LogP contribution in [0.2, 0.25) is 0 Å². The van der Waals surface area contributed by atoms with Crippen molar-refractivity contribution in [1.29, 1.82) is 0 Å². The highest BCUT2D eigenvalue weighted by Gasteiger charge is 2.42. The molecule has 0 bridgehead atoms. The van der Waals surface area contributed by atoms with Crippen molar-refractivity contribution in [1.82, 2.24) is 15.1 Å². The standard InChI is InChI=1S/C16H21N3O4/c1-23-12-4-2-3-11(7-12)8-18-5-6-19-14(9-18)15(21)17-13(10-20)16(19)22/h2-4,7,13-14,20H,5-6,8-10H2,1H3,(H,17,21)/t13-,14+/m0/s1. The van der Waals surface area contributed by atoms with E-state index >= 15 is 0 Å². The molecular weight excluding hydrogens is 298 g/mol. The molecule has 0 aliphatic carbocycles. The van der Waals surface area contributed by atoms with Crippen LogP contribution in [0.4, 0.5) is 0 Å². The van der Waals surface area contributed by atoms with Crippen LogP contribution in [0.25, 0.3) is 0 Å². The second-order valence-electron chi connectivity index (χ2n) is 5.88. The maximum absolute atomic E-state index is 12.2. The monoisotopic (exact) mass is 319 g/mol. The molecule has 0 spiro atoms. The second-order valence-corrected chi connectivity index (χ2v) is 5.88. The van der Waals surface area contributed by atoms with Crippen molar-refractivity contribution in [2.45, 2.75) is 18.6 Å². The number of piperazine rings is 2. The van der Waals surface area contributed by atoms with Gasteiger partial charge in [-0.2, -0.15) is 0 Å². The van der Waals surface area contributed by atoms with Gasteiger partial charge in [0.25, 0.3) is 0 Å². The minimum Gasteiger partial charge on any atom is -0.497 e. The van der Waals surface area contributed by atoms with Crippen molar-refractivity contribution in [3.8, 4) is 5.75 Å². The van der Waals surface area contributed by atoms with Gasteiger partial charge in [-0.1, -0.05) is 12.1 Å². The number of nitrogens with one attached hydrogen (secondary N) is 1. The van der Waals surface area contributed by atoms with E-state index in [1.807, 2.05) is 24.3 Å². The Kier molecular flexibility index (Phi) is 4.49. The number of carbonyl (C=O) groups excluding carboxylic acids is 2. The van der Waals surface area contributed by atoms with Crippen molar-refractivity contribution < 1.29 is 19.4 Å². The number of hydrogen-bond acceptors (Lipinski definition) is 5. The number of ether oxygens (including phenoxy) is 1. The third kappa shape index (κ3) is 3.16. The van der Waals surface area contributed by atoms with Crippen LogP contribution in [0.15, 0.2) is 24.3 Å². The van der Waals surface area contributed by atoms with E-state index in [9.17, 15) is 14.7 Å². The summed E-state index contributed by atoms with van der Waals surface area (Å²) >= 11 is 0. The molecule has 2 amide bonds. The summed E-state index contributed by atoms with van der Waals surface area (Å²) in [6.07, 6.45) is 0. The molecule has 2 heterocycles. The van der Waals surface area contributed by atoms with Crippen LogP contribution in [0.1, 0.15) is 5.56 Å². The van der Waals surface area contributed by atoms with E-state index in [-0.39, 0.29) is 18.4 Å². The molecular formula is C16H21N3O4. The lowest BCUT2D eigenvalue weighted by Gasteiger charge is -2.45. The fraction of sp³-hybridized carbons (Fsp3) is 0.500. The Hall–Kier alpha value is -2.12. The minimum atomic E-state index is -0.802. The SMILES string of the molecule is COc1cccc(CN2CCN3C(=O)[C@H](CO)NC(=O)[C@H]3C2)c1. The number of hydrogen-bond donors (Lipinski definition) is 2. The molecule has 2 N–H and O–H groups in total. The maximum Gasteiger partial charge on any atom is 0.248 e. The van der Waals surface area contributed by atoms with Gasteiger partial charge in [0.1, 0.15) is 17.8 Å². The van der Waals surface area contributed by atoms with Gasteiger partial charge in [-0.15, -0.1) is 0 Å². The molecule has 1 aromatic rings. The molecule has 0 radical (unpaired) electrons. The van der Waals surface area contributed by atoms with Gasteiger partial charge in [-0.25, -0.2) is 0 Å². The average Bonchev–Trinajstić information content (AvgIpc) is 2.58. The van der Waals surface area contributed by atoms with Crippen LogP contribution in [-0.4, -0.2) is 72.2 Å². The number of amides is 2. The van der Waals surface area contributed by atoms with Crippen LogP contribution in [0.5, 0.6) is 5.75 Å². The number of fused-ring (bicyclic) bond motifs is 1. The molecule has 1 aromatic carbocycles. The summed E-state index contributed by atoms with van der Waals surface area (Å²) in [4.78, 5) is 28.1. The number of methoxy groups -OCH3 is 1. The number of carbonyl (C=O) groups is 2. The first kappa shape index (κ1) is 15.8. The molecule has 2 atom stereocenters. The molecule has 2 fully saturated rings. The molecule has 7 nitrogen and oxygen atoms in total. The van der Waals surface area contributed by atoms with Gasteiger partial charge in [0.2, 0.25) is 11.8 Å².